The summed E-state index contributed by atoms with van der Waals surface area (Å²) in [5, 5.41) is 3.73. The van der Waals surface area contributed by atoms with Gasteiger partial charge in [0.05, 0.1) is 11.9 Å². The Morgan fingerprint density at radius 3 is 2.84 bits per heavy atom. The van der Waals surface area contributed by atoms with E-state index in [1.165, 1.54) is 0 Å². The summed E-state index contributed by atoms with van der Waals surface area (Å²) in [4.78, 5) is 9.09. The van der Waals surface area contributed by atoms with Gasteiger partial charge in [0.1, 0.15) is 23.3 Å². The minimum Gasteiger partial charge on any atom is -0.364 e. The maximum absolute atomic E-state index is 6.20. The maximum Gasteiger partial charge on any atom is 0.160 e. The molecule has 1 unspecified atom stereocenters. The van der Waals surface area contributed by atoms with Gasteiger partial charge in [0.25, 0.3) is 0 Å². The summed E-state index contributed by atoms with van der Waals surface area (Å²) in [5.74, 6) is 0.790. The highest BCUT2D eigenvalue weighted by atomic mass is 35.5. The summed E-state index contributed by atoms with van der Waals surface area (Å²) in [6.07, 6.45) is 1.55. The molecule has 3 heterocycles. The van der Waals surface area contributed by atoms with Crippen LogP contribution in [0.3, 0.4) is 0 Å². The molecule has 0 fully saturated rings. The van der Waals surface area contributed by atoms with E-state index in [4.69, 9.17) is 16.1 Å². The highest BCUT2D eigenvalue weighted by molar-refractivity contribution is 6.20. The number of aryl methyl sites for hydroxylation is 1. The molecule has 1 atom stereocenters. The minimum atomic E-state index is -0.193. The van der Waals surface area contributed by atoms with Crippen molar-refractivity contribution in [3.63, 3.8) is 0 Å². The molecule has 19 heavy (non-hydrogen) atoms. The predicted octanol–water partition coefficient (Wildman–Crippen LogP) is 3.08. The van der Waals surface area contributed by atoms with Crippen LogP contribution in [0.4, 0.5) is 0 Å². The SMILES string of the molecule is Cc1ccc2nc(C(C)Cl)n(Cc3ccon3)c2n1. The van der Waals surface area contributed by atoms with Crippen LogP contribution >= 0.6 is 11.6 Å². The van der Waals surface area contributed by atoms with Gasteiger partial charge in [0.15, 0.2) is 5.65 Å². The second-order valence-corrected chi connectivity index (χ2v) is 5.11. The minimum absolute atomic E-state index is 0.193. The molecular formula is C13H13ClN4O. The van der Waals surface area contributed by atoms with Gasteiger partial charge in [0, 0.05) is 11.8 Å². The standard InChI is InChI=1S/C13H13ClN4O/c1-8-3-4-11-13(15-8)18(12(16-11)9(2)14)7-10-5-6-19-17-10/h3-6,9H,7H2,1-2H3. The molecular weight excluding hydrogens is 264 g/mol. The van der Waals surface area contributed by atoms with Crippen LogP contribution in [0.15, 0.2) is 29.0 Å². The fraction of sp³-hybridized carbons (Fsp3) is 0.308. The Hall–Kier alpha value is -1.88. The smallest absolute Gasteiger partial charge is 0.160 e. The summed E-state index contributed by atoms with van der Waals surface area (Å²) < 4.78 is 6.85. The Kier molecular flexibility index (Phi) is 2.98. The summed E-state index contributed by atoms with van der Waals surface area (Å²) in [5.41, 5.74) is 3.44. The fourth-order valence-corrected chi connectivity index (χ4v) is 2.22. The van der Waals surface area contributed by atoms with Crippen LogP contribution in [0.5, 0.6) is 0 Å². The Morgan fingerprint density at radius 1 is 1.32 bits per heavy atom. The van der Waals surface area contributed by atoms with Crippen molar-refractivity contribution in [3.05, 3.63) is 41.7 Å². The van der Waals surface area contributed by atoms with Gasteiger partial charge in [-0.3, -0.25) is 0 Å². The summed E-state index contributed by atoms with van der Waals surface area (Å²) in [6, 6.07) is 5.72. The van der Waals surface area contributed by atoms with E-state index in [0.717, 1.165) is 28.4 Å². The molecule has 0 aliphatic carbocycles. The fourth-order valence-electron chi connectivity index (χ4n) is 2.05. The number of aromatic nitrogens is 4. The lowest BCUT2D eigenvalue weighted by atomic mass is 10.3. The normalized spacial score (nSPS) is 13.0. The third-order valence-electron chi connectivity index (χ3n) is 2.93. The van der Waals surface area contributed by atoms with Crippen molar-refractivity contribution in [2.75, 3.05) is 0 Å². The van der Waals surface area contributed by atoms with Crippen molar-refractivity contribution < 1.29 is 4.52 Å². The van der Waals surface area contributed by atoms with E-state index < -0.39 is 0 Å². The van der Waals surface area contributed by atoms with E-state index in [-0.39, 0.29) is 5.38 Å². The Morgan fingerprint density at radius 2 is 2.16 bits per heavy atom. The van der Waals surface area contributed by atoms with Gasteiger partial charge in [-0.1, -0.05) is 5.16 Å². The van der Waals surface area contributed by atoms with Crippen LogP contribution in [0.2, 0.25) is 0 Å². The van der Waals surface area contributed by atoms with Gasteiger partial charge in [0.2, 0.25) is 0 Å². The molecule has 3 rings (SSSR count). The Labute approximate surface area is 115 Å². The zero-order chi connectivity index (χ0) is 13.4. The van der Waals surface area contributed by atoms with Crippen molar-refractivity contribution in [1.29, 1.82) is 0 Å². The van der Waals surface area contributed by atoms with E-state index in [9.17, 15) is 0 Å². The number of halogens is 1. The second kappa shape index (κ2) is 4.66. The van der Waals surface area contributed by atoms with E-state index >= 15 is 0 Å². The lowest BCUT2D eigenvalue weighted by molar-refractivity contribution is 0.409. The molecule has 0 aliphatic rings. The van der Waals surface area contributed by atoms with E-state index in [2.05, 4.69) is 15.1 Å². The molecule has 6 heteroatoms. The van der Waals surface area contributed by atoms with Crippen LogP contribution in [0, 0.1) is 6.92 Å². The topological polar surface area (TPSA) is 56.7 Å². The van der Waals surface area contributed by atoms with Crippen molar-refractivity contribution in [1.82, 2.24) is 19.7 Å². The Balaban J connectivity index is 2.18. The highest BCUT2D eigenvalue weighted by Crippen LogP contribution is 2.24. The molecule has 0 amide bonds. The van der Waals surface area contributed by atoms with E-state index in [0.29, 0.717) is 6.54 Å². The molecule has 5 nitrogen and oxygen atoms in total. The van der Waals surface area contributed by atoms with Crippen LogP contribution in [-0.4, -0.2) is 19.7 Å². The lowest BCUT2D eigenvalue weighted by Crippen LogP contribution is -2.07. The summed E-state index contributed by atoms with van der Waals surface area (Å²) >= 11 is 6.20. The van der Waals surface area contributed by atoms with Crippen LogP contribution in [0.25, 0.3) is 11.2 Å². The first-order chi connectivity index (χ1) is 9.15. The number of imidazole rings is 1. The van der Waals surface area contributed by atoms with Gasteiger partial charge in [-0.25, -0.2) is 9.97 Å². The van der Waals surface area contributed by atoms with Crippen molar-refractivity contribution in [3.8, 4) is 0 Å². The molecule has 0 aliphatic heterocycles. The molecule has 0 aromatic carbocycles. The molecule has 0 saturated heterocycles. The first-order valence-electron chi connectivity index (χ1n) is 6.02. The number of alkyl halides is 1. The first kappa shape index (κ1) is 12.2. The van der Waals surface area contributed by atoms with Crippen LogP contribution < -0.4 is 0 Å². The van der Waals surface area contributed by atoms with Gasteiger partial charge >= 0.3 is 0 Å². The van der Waals surface area contributed by atoms with Crippen molar-refractivity contribution >= 4 is 22.8 Å². The number of nitrogens with zero attached hydrogens (tertiary/aromatic N) is 4. The third kappa shape index (κ3) is 2.21. The first-order valence-corrected chi connectivity index (χ1v) is 6.46. The predicted molar refractivity (Wildman–Crippen MR) is 72.1 cm³/mol. The quantitative estimate of drug-likeness (QED) is 0.690. The average molecular weight is 277 g/mol. The highest BCUT2D eigenvalue weighted by Gasteiger charge is 2.17. The molecule has 0 spiro atoms. The van der Waals surface area contributed by atoms with E-state index in [1.807, 2.05) is 36.6 Å². The summed E-state index contributed by atoms with van der Waals surface area (Å²) in [6.45, 7) is 4.40. The molecule has 3 aromatic rings. The van der Waals surface area contributed by atoms with Crippen molar-refractivity contribution in [2.45, 2.75) is 25.8 Å². The molecule has 98 valence electrons. The molecule has 0 radical (unpaired) electrons. The summed E-state index contributed by atoms with van der Waals surface area (Å²) in [7, 11) is 0. The van der Waals surface area contributed by atoms with Gasteiger partial charge < -0.3 is 9.09 Å². The van der Waals surface area contributed by atoms with Gasteiger partial charge in [-0.15, -0.1) is 11.6 Å². The van der Waals surface area contributed by atoms with Gasteiger partial charge in [-0.05, 0) is 26.0 Å². The number of fused-ring (bicyclic) bond motifs is 1. The third-order valence-corrected chi connectivity index (χ3v) is 3.12. The number of rotatable bonds is 3. The van der Waals surface area contributed by atoms with Crippen LogP contribution in [-0.2, 0) is 6.54 Å². The van der Waals surface area contributed by atoms with Crippen molar-refractivity contribution in [2.24, 2.45) is 0 Å². The molecule has 0 N–H and O–H groups in total. The number of hydrogen-bond acceptors (Lipinski definition) is 4. The zero-order valence-electron chi connectivity index (χ0n) is 10.7. The number of pyridine rings is 1. The van der Waals surface area contributed by atoms with Crippen LogP contribution in [0.1, 0.15) is 29.5 Å². The zero-order valence-corrected chi connectivity index (χ0v) is 11.4. The second-order valence-electron chi connectivity index (χ2n) is 4.46. The lowest BCUT2D eigenvalue weighted by Gasteiger charge is -2.07. The Bertz CT molecular complexity index is 703. The number of hydrogen-bond donors (Lipinski definition) is 0. The largest absolute Gasteiger partial charge is 0.364 e. The molecule has 3 aromatic heterocycles. The van der Waals surface area contributed by atoms with E-state index in [1.54, 1.807) is 6.26 Å². The monoisotopic (exact) mass is 276 g/mol. The maximum atomic E-state index is 6.20. The molecule has 0 saturated carbocycles. The molecule has 0 bridgehead atoms. The average Bonchev–Trinajstić information content (AvgIpc) is 2.98. The van der Waals surface area contributed by atoms with Gasteiger partial charge in [-0.2, -0.15) is 0 Å².